The molecule has 4 nitrogen and oxygen atoms in total. The summed E-state index contributed by atoms with van der Waals surface area (Å²) in [6, 6.07) is 12.9. The predicted octanol–water partition coefficient (Wildman–Crippen LogP) is 5.55. The van der Waals surface area contributed by atoms with Gasteiger partial charge in [-0.2, -0.15) is 8.78 Å². The van der Waals surface area contributed by atoms with Crippen LogP contribution in [0, 0.1) is 0 Å². The zero-order chi connectivity index (χ0) is 17.8. The highest BCUT2D eigenvalue weighted by atomic mass is 79.9. The number of para-hydroxylation sites is 2. The number of imidazole rings is 1. The van der Waals surface area contributed by atoms with Gasteiger partial charge in [0, 0.05) is 20.1 Å². The second-order valence-electron chi connectivity index (χ2n) is 5.39. The quantitative estimate of drug-likeness (QED) is 0.364. The lowest BCUT2D eigenvalue weighted by atomic mass is 10.1. The van der Waals surface area contributed by atoms with Gasteiger partial charge in [-0.15, -0.1) is 11.3 Å². The Bertz CT molecular complexity index is 1060. The Kier molecular flexibility index (Phi) is 4.13. The third-order valence-corrected chi connectivity index (χ3v) is 7.02. The summed E-state index contributed by atoms with van der Waals surface area (Å²) in [5.41, 5.74) is -1.22. The van der Waals surface area contributed by atoms with Gasteiger partial charge < -0.3 is 14.8 Å². The number of nitrogens with one attached hydrogen (secondary N) is 1. The first-order valence-electron chi connectivity index (χ1n) is 7.11. The fourth-order valence-electron chi connectivity index (χ4n) is 2.59. The van der Waals surface area contributed by atoms with Crippen LogP contribution in [0.5, 0.6) is 0 Å². The number of nitrogens with zero attached hydrogens (tertiary/aromatic N) is 1. The van der Waals surface area contributed by atoms with E-state index in [2.05, 4.69) is 25.9 Å². The molecule has 0 amide bonds. The van der Waals surface area contributed by atoms with Gasteiger partial charge in [0.15, 0.2) is 0 Å². The molecule has 0 unspecified atom stereocenters. The number of H-pyrrole nitrogens is 1. The summed E-state index contributed by atoms with van der Waals surface area (Å²) >= 11 is 4.02. The second kappa shape index (κ2) is 6.07. The maximum atomic E-state index is 14.0. The predicted molar refractivity (Wildman–Crippen MR) is 99.9 cm³/mol. The molecular weight excluding hydrogens is 433 g/mol. The van der Waals surface area contributed by atoms with E-state index in [0.717, 1.165) is 27.9 Å². The summed E-state index contributed by atoms with van der Waals surface area (Å²) in [6.07, 6.45) is 0. The Hall–Kier alpha value is -1.44. The average Bonchev–Trinajstić information content (AvgIpc) is 3.16. The molecule has 0 aliphatic rings. The van der Waals surface area contributed by atoms with Crippen LogP contribution in [0.25, 0.3) is 32.5 Å². The summed E-state index contributed by atoms with van der Waals surface area (Å²) in [7, 11) is -3.41. The Balaban J connectivity index is 1.86. The summed E-state index contributed by atoms with van der Waals surface area (Å²) in [5, 5.41) is 0.578. The lowest BCUT2D eigenvalue weighted by Gasteiger charge is -2.15. The largest absolute Gasteiger partial charge is 0.349 e. The number of aromatic amines is 1. The Morgan fingerprint density at radius 1 is 1.16 bits per heavy atom. The van der Waals surface area contributed by atoms with E-state index in [1.807, 2.05) is 24.3 Å². The SMILES string of the molecule is OP(O)C(F)(F)c1sc2ccc(-c3nc4ccccc4[nH]3)cc2c1Br. The number of hydrogen-bond acceptors (Lipinski definition) is 4. The average molecular weight is 443 g/mol. The van der Waals surface area contributed by atoms with Gasteiger partial charge in [-0.25, -0.2) is 4.98 Å². The number of fused-ring (bicyclic) bond motifs is 2. The Morgan fingerprint density at radius 2 is 1.92 bits per heavy atom. The van der Waals surface area contributed by atoms with E-state index < -0.39 is 14.0 Å². The van der Waals surface area contributed by atoms with Crippen molar-refractivity contribution in [2.24, 2.45) is 0 Å². The van der Waals surface area contributed by atoms with Crippen molar-refractivity contribution in [1.29, 1.82) is 0 Å². The second-order valence-corrected chi connectivity index (χ2v) is 8.38. The normalized spacial score (nSPS) is 12.6. The van der Waals surface area contributed by atoms with Crippen molar-refractivity contribution in [3.8, 4) is 11.4 Å². The smallest absolute Gasteiger partial charge is 0.346 e. The maximum Gasteiger partial charge on any atom is 0.349 e. The molecule has 0 saturated carbocycles. The van der Waals surface area contributed by atoms with Crippen LogP contribution in [-0.2, 0) is 5.66 Å². The number of rotatable bonds is 3. The molecule has 4 aromatic rings. The summed E-state index contributed by atoms with van der Waals surface area (Å²) in [5.74, 6) is 0.640. The van der Waals surface area contributed by atoms with Crippen LogP contribution in [0.15, 0.2) is 46.9 Å². The van der Waals surface area contributed by atoms with E-state index in [4.69, 9.17) is 9.79 Å². The lowest BCUT2D eigenvalue weighted by Crippen LogP contribution is -2.08. The molecule has 128 valence electrons. The van der Waals surface area contributed by atoms with Crippen molar-refractivity contribution in [3.63, 3.8) is 0 Å². The third-order valence-electron chi connectivity index (χ3n) is 3.81. The van der Waals surface area contributed by atoms with Gasteiger partial charge in [-0.3, -0.25) is 0 Å². The van der Waals surface area contributed by atoms with Crippen LogP contribution < -0.4 is 0 Å². The minimum Gasteiger partial charge on any atom is -0.346 e. The standard InChI is InChI=1S/C16H10BrF2N2O2PS/c17-13-9-7-8(15-20-10-3-1-2-4-11(10)21-15)5-6-12(9)25-14(13)16(18,19)24(22)23/h1-7,22-23H,(H,20,21). The third kappa shape index (κ3) is 2.78. The molecule has 0 radical (unpaired) electrons. The lowest BCUT2D eigenvalue weighted by molar-refractivity contribution is 0.0766. The monoisotopic (exact) mass is 442 g/mol. The van der Waals surface area contributed by atoms with E-state index in [9.17, 15) is 8.78 Å². The topological polar surface area (TPSA) is 69.1 Å². The number of aromatic nitrogens is 2. The molecular formula is C16H10BrF2N2O2PS. The molecule has 9 heteroatoms. The first-order valence-corrected chi connectivity index (χ1v) is 9.97. The van der Waals surface area contributed by atoms with Crippen LogP contribution in [0.4, 0.5) is 8.78 Å². The van der Waals surface area contributed by atoms with Crippen molar-refractivity contribution in [3.05, 3.63) is 51.8 Å². The van der Waals surface area contributed by atoms with Crippen LogP contribution >= 0.6 is 35.6 Å². The summed E-state index contributed by atoms with van der Waals surface area (Å²) in [4.78, 5) is 25.4. The van der Waals surface area contributed by atoms with Gasteiger partial charge in [0.05, 0.1) is 15.9 Å². The molecule has 0 spiro atoms. The van der Waals surface area contributed by atoms with Gasteiger partial charge in [0.2, 0.25) is 8.38 Å². The van der Waals surface area contributed by atoms with E-state index in [1.165, 1.54) is 0 Å². The van der Waals surface area contributed by atoms with Gasteiger partial charge >= 0.3 is 5.66 Å². The molecule has 0 aliphatic carbocycles. The number of hydrogen-bond donors (Lipinski definition) is 3. The van der Waals surface area contributed by atoms with Crippen molar-refractivity contribution in [1.82, 2.24) is 9.97 Å². The summed E-state index contributed by atoms with van der Waals surface area (Å²) in [6.45, 7) is 0. The maximum absolute atomic E-state index is 14.0. The van der Waals surface area contributed by atoms with Crippen LogP contribution in [0.1, 0.15) is 4.88 Å². The molecule has 3 N–H and O–H groups in total. The minimum atomic E-state index is -3.68. The molecule has 2 heterocycles. The first-order chi connectivity index (χ1) is 11.9. The van der Waals surface area contributed by atoms with Crippen molar-refractivity contribution < 1.29 is 18.6 Å². The van der Waals surface area contributed by atoms with Gasteiger partial charge in [-0.05, 0) is 46.3 Å². The summed E-state index contributed by atoms with van der Waals surface area (Å²) < 4.78 is 28.9. The molecule has 0 aliphatic heterocycles. The minimum absolute atomic E-state index is 0.172. The molecule has 2 aromatic heterocycles. The van der Waals surface area contributed by atoms with Gasteiger partial charge in [-0.1, -0.05) is 12.1 Å². The highest BCUT2D eigenvalue weighted by Gasteiger charge is 2.44. The molecule has 25 heavy (non-hydrogen) atoms. The van der Waals surface area contributed by atoms with Gasteiger partial charge in [0.1, 0.15) is 5.82 Å². The number of benzene rings is 2. The Labute approximate surface area is 154 Å². The highest BCUT2D eigenvalue weighted by Crippen LogP contribution is 2.57. The van der Waals surface area contributed by atoms with E-state index in [1.54, 1.807) is 18.2 Å². The number of halogens is 3. The first kappa shape index (κ1) is 17.0. The van der Waals surface area contributed by atoms with E-state index in [0.29, 0.717) is 15.9 Å². The molecule has 0 atom stereocenters. The zero-order valence-corrected chi connectivity index (χ0v) is 15.7. The molecule has 4 rings (SSSR count). The van der Waals surface area contributed by atoms with Crippen molar-refractivity contribution >= 4 is 56.8 Å². The molecule has 0 bridgehead atoms. The Morgan fingerprint density at radius 3 is 2.64 bits per heavy atom. The van der Waals surface area contributed by atoms with Crippen molar-refractivity contribution in [2.75, 3.05) is 0 Å². The van der Waals surface area contributed by atoms with Crippen LogP contribution in [0.2, 0.25) is 0 Å². The van der Waals surface area contributed by atoms with E-state index >= 15 is 0 Å². The fraction of sp³-hybridized carbons (Fsp3) is 0.0625. The van der Waals surface area contributed by atoms with Gasteiger partial charge in [0.25, 0.3) is 0 Å². The molecule has 2 aromatic carbocycles. The van der Waals surface area contributed by atoms with Crippen LogP contribution in [0.3, 0.4) is 0 Å². The zero-order valence-electron chi connectivity index (χ0n) is 12.4. The number of alkyl halides is 2. The highest BCUT2D eigenvalue weighted by molar-refractivity contribution is 9.10. The fourth-order valence-corrected chi connectivity index (χ4v) is 5.32. The van der Waals surface area contributed by atoms with Crippen LogP contribution in [-0.4, -0.2) is 19.8 Å². The number of thiophene rings is 1. The van der Waals surface area contributed by atoms with Crippen molar-refractivity contribution in [2.45, 2.75) is 5.66 Å². The van der Waals surface area contributed by atoms with E-state index in [-0.39, 0.29) is 9.35 Å². The molecule has 0 saturated heterocycles. The molecule has 0 fully saturated rings.